The van der Waals surface area contributed by atoms with Gasteiger partial charge in [-0.15, -0.1) is 0 Å². The zero-order chi connectivity index (χ0) is 11.4. The zero-order valence-electron chi connectivity index (χ0n) is 8.38. The average molecular weight is 250 g/mol. The smallest absolute Gasteiger partial charge is 0.183 e. The summed E-state index contributed by atoms with van der Waals surface area (Å²) in [6.07, 6.45) is 7.08. The molecule has 2 heterocycles. The van der Waals surface area contributed by atoms with E-state index in [1.54, 1.807) is 29.4 Å². The molecule has 0 saturated carbocycles. The van der Waals surface area contributed by atoms with E-state index < -0.39 is 0 Å². The Kier molecular flexibility index (Phi) is 3.43. The predicted molar refractivity (Wildman–Crippen MR) is 68.7 cm³/mol. The minimum atomic E-state index is 0.579. The Morgan fingerprint density at radius 2 is 2.44 bits per heavy atom. The van der Waals surface area contributed by atoms with Crippen LogP contribution in [0.3, 0.4) is 0 Å². The van der Waals surface area contributed by atoms with Crippen LogP contribution in [0.25, 0.3) is 0 Å². The van der Waals surface area contributed by atoms with Crippen LogP contribution in [0.5, 0.6) is 0 Å². The molecule has 0 radical (unpaired) electrons. The first kappa shape index (κ1) is 11.0. The van der Waals surface area contributed by atoms with E-state index in [2.05, 4.69) is 15.3 Å². The van der Waals surface area contributed by atoms with Crippen LogP contribution in [-0.4, -0.2) is 19.6 Å². The molecular formula is C10H10N4S2. The number of thiocarbonyl (C=S) groups is 1. The first-order valence-corrected chi connectivity index (χ1v) is 5.52. The van der Waals surface area contributed by atoms with E-state index >= 15 is 0 Å². The fourth-order valence-corrected chi connectivity index (χ4v) is 1.75. The molecule has 0 aromatic carbocycles. The highest BCUT2D eigenvalue weighted by atomic mass is 32.1. The highest BCUT2D eigenvalue weighted by molar-refractivity contribution is 7.80. The standard InChI is InChI=1S/C10H10N4S2/c15-9-12-4-5-14(9)10(16)13-7-8-2-1-3-11-6-8/h1-6H,7H2,(H,12,15)(H,13,16). The third-order valence-corrected chi connectivity index (χ3v) is 2.69. The molecular weight excluding hydrogens is 240 g/mol. The summed E-state index contributed by atoms with van der Waals surface area (Å²) in [7, 11) is 0. The third kappa shape index (κ3) is 2.53. The van der Waals surface area contributed by atoms with Crippen molar-refractivity contribution in [2.45, 2.75) is 6.54 Å². The number of aromatic nitrogens is 3. The normalized spacial score (nSPS) is 10.0. The zero-order valence-corrected chi connectivity index (χ0v) is 10.0. The van der Waals surface area contributed by atoms with Gasteiger partial charge in [0.25, 0.3) is 0 Å². The number of hydrogen-bond donors (Lipinski definition) is 2. The average Bonchev–Trinajstić information content (AvgIpc) is 2.74. The maximum atomic E-state index is 5.21. The van der Waals surface area contributed by atoms with Gasteiger partial charge in [-0.3, -0.25) is 9.55 Å². The van der Waals surface area contributed by atoms with Crippen LogP contribution >= 0.6 is 24.4 Å². The minimum absolute atomic E-state index is 0.579. The van der Waals surface area contributed by atoms with Crippen molar-refractivity contribution in [2.75, 3.05) is 0 Å². The summed E-state index contributed by atoms with van der Waals surface area (Å²) in [4.78, 5) is 6.91. The van der Waals surface area contributed by atoms with Crippen molar-refractivity contribution in [1.29, 1.82) is 0 Å². The van der Waals surface area contributed by atoms with Crippen molar-refractivity contribution in [1.82, 2.24) is 19.9 Å². The second-order valence-electron chi connectivity index (χ2n) is 3.16. The first-order chi connectivity index (χ1) is 7.77. The second kappa shape index (κ2) is 5.00. The summed E-state index contributed by atoms with van der Waals surface area (Å²) in [5.74, 6) is 0. The van der Waals surface area contributed by atoms with E-state index in [0.29, 0.717) is 16.4 Å². The molecule has 0 bridgehead atoms. The van der Waals surface area contributed by atoms with Crippen LogP contribution < -0.4 is 5.32 Å². The minimum Gasteiger partial charge on any atom is -0.358 e. The fraction of sp³-hybridized carbons (Fsp3) is 0.100. The molecule has 0 amide bonds. The molecule has 0 spiro atoms. The Labute approximate surface area is 103 Å². The number of aromatic amines is 1. The van der Waals surface area contributed by atoms with E-state index in [4.69, 9.17) is 24.4 Å². The van der Waals surface area contributed by atoms with Gasteiger partial charge in [0.05, 0.1) is 0 Å². The van der Waals surface area contributed by atoms with Gasteiger partial charge in [0, 0.05) is 31.3 Å². The van der Waals surface area contributed by atoms with Crippen LogP contribution in [-0.2, 0) is 6.54 Å². The monoisotopic (exact) mass is 250 g/mol. The van der Waals surface area contributed by atoms with Crippen molar-refractivity contribution in [3.8, 4) is 0 Å². The lowest BCUT2D eigenvalue weighted by Gasteiger charge is -2.07. The Balaban J connectivity index is 2.00. The maximum Gasteiger partial charge on any atom is 0.183 e. The van der Waals surface area contributed by atoms with E-state index in [1.807, 2.05) is 12.1 Å². The Hall–Kier alpha value is -1.53. The summed E-state index contributed by atoms with van der Waals surface area (Å²) in [5.41, 5.74) is 1.08. The van der Waals surface area contributed by atoms with Gasteiger partial charge >= 0.3 is 0 Å². The summed E-state index contributed by atoms with van der Waals surface area (Å²) in [5, 5.41) is 3.69. The lowest BCUT2D eigenvalue weighted by atomic mass is 10.3. The van der Waals surface area contributed by atoms with Crippen molar-refractivity contribution in [3.63, 3.8) is 0 Å². The second-order valence-corrected chi connectivity index (χ2v) is 3.93. The molecule has 6 heteroatoms. The Morgan fingerprint density at radius 1 is 1.56 bits per heavy atom. The molecule has 2 N–H and O–H groups in total. The van der Waals surface area contributed by atoms with Crippen molar-refractivity contribution >= 4 is 29.5 Å². The first-order valence-electron chi connectivity index (χ1n) is 4.70. The van der Waals surface area contributed by atoms with Crippen LogP contribution in [0.1, 0.15) is 5.56 Å². The number of rotatable bonds is 2. The summed E-state index contributed by atoms with van der Waals surface area (Å²) in [6, 6.07) is 3.88. The largest absolute Gasteiger partial charge is 0.358 e. The van der Waals surface area contributed by atoms with Gasteiger partial charge in [0.1, 0.15) is 0 Å². The molecule has 0 unspecified atom stereocenters. The molecule has 0 fully saturated rings. The van der Waals surface area contributed by atoms with Gasteiger partial charge in [-0.25, -0.2) is 0 Å². The fourth-order valence-electron chi connectivity index (χ4n) is 1.25. The topological polar surface area (TPSA) is 45.6 Å². The van der Waals surface area contributed by atoms with Crippen LogP contribution in [0, 0.1) is 4.77 Å². The lowest BCUT2D eigenvalue weighted by Crippen LogP contribution is -2.27. The Bertz CT molecular complexity index is 529. The van der Waals surface area contributed by atoms with Gasteiger partial charge in [0.15, 0.2) is 9.88 Å². The Morgan fingerprint density at radius 3 is 3.06 bits per heavy atom. The number of H-pyrrole nitrogens is 1. The van der Waals surface area contributed by atoms with Gasteiger partial charge in [-0.1, -0.05) is 6.07 Å². The van der Waals surface area contributed by atoms with Crippen molar-refractivity contribution in [3.05, 3.63) is 47.3 Å². The maximum absolute atomic E-state index is 5.21. The molecule has 2 rings (SSSR count). The highest BCUT2D eigenvalue weighted by Gasteiger charge is 2.00. The van der Waals surface area contributed by atoms with E-state index in [1.165, 1.54) is 0 Å². The number of nitrogens with zero attached hydrogens (tertiary/aromatic N) is 2. The summed E-state index contributed by atoms with van der Waals surface area (Å²) in [6.45, 7) is 0.639. The van der Waals surface area contributed by atoms with Gasteiger partial charge in [0.2, 0.25) is 0 Å². The molecule has 82 valence electrons. The number of imidazole rings is 1. The number of nitrogens with one attached hydrogen (secondary N) is 2. The summed E-state index contributed by atoms with van der Waals surface area (Å²) >= 11 is 10.3. The molecule has 16 heavy (non-hydrogen) atoms. The molecule has 0 atom stereocenters. The summed E-state index contributed by atoms with van der Waals surface area (Å²) < 4.78 is 2.30. The molecule has 4 nitrogen and oxygen atoms in total. The molecule has 0 aliphatic carbocycles. The molecule has 2 aromatic heterocycles. The van der Waals surface area contributed by atoms with Crippen LogP contribution in [0.15, 0.2) is 36.9 Å². The predicted octanol–water partition coefficient (Wildman–Crippen LogP) is 1.86. The lowest BCUT2D eigenvalue weighted by molar-refractivity contribution is 0.876. The van der Waals surface area contributed by atoms with Crippen LogP contribution in [0.2, 0.25) is 0 Å². The SMILES string of the molecule is S=C(NCc1cccnc1)n1cc[nH]c1=S. The van der Waals surface area contributed by atoms with E-state index in [9.17, 15) is 0 Å². The van der Waals surface area contributed by atoms with Crippen LogP contribution in [0.4, 0.5) is 0 Å². The van der Waals surface area contributed by atoms with Gasteiger partial charge < -0.3 is 10.3 Å². The quantitative estimate of drug-likeness (QED) is 0.799. The van der Waals surface area contributed by atoms with E-state index in [-0.39, 0.29) is 0 Å². The van der Waals surface area contributed by atoms with Gasteiger partial charge in [-0.2, -0.15) is 0 Å². The van der Waals surface area contributed by atoms with Crippen molar-refractivity contribution in [2.24, 2.45) is 0 Å². The molecule has 2 aromatic rings. The van der Waals surface area contributed by atoms with E-state index in [0.717, 1.165) is 5.56 Å². The number of pyridine rings is 1. The highest BCUT2D eigenvalue weighted by Crippen LogP contribution is 1.96. The molecule has 0 aliphatic rings. The van der Waals surface area contributed by atoms with Crippen molar-refractivity contribution < 1.29 is 0 Å². The molecule has 0 saturated heterocycles. The molecule has 0 aliphatic heterocycles. The third-order valence-electron chi connectivity index (χ3n) is 2.03. The number of hydrogen-bond acceptors (Lipinski definition) is 3. The van der Waals surface area contributed by atoms with Gasteiger partial charge in [-0.05, 0) is 36.1 Å².